The average Bonchev–Trinajstić information content (AvgIpc) is 2.73. The monoisotopic (exact) mass is 624 g/mol. The third kappa shape index (κ3) is 5.07. The van der Waals surface area contributed by atoms with Gasteiger partial charge in [0, 0.05) is 0 Å². The molecule has 2 N–H and O–H groups in total. The fourth-order valence-electron chi connectivity index (χ4n) is 3.05. The van der Waals surface area contributed by atoms with E-state index in [0.29, 0.717) is 0 Å². The molecule has 226 valence electrons. The lowest BCUT2D eigenvalue weighted by molar-refractivity contribution is -0.447. The number of carbonyl (C=O) groups excluding carboxylic acids is 1. The molecule has 1 aliphatic rings. The van der Waals surface area contributed by atoms with Crippen molar-refractivity contribution in [1.29, 1.82) is 0 Å². The SMILES string of the molecule is O=C(OC1CCCCC1O)C(SOOO)(C(F)(F)F)C(F)(F)C(F)(F)C(F)(F)C(F)(F)C(F)(F)C(F)(F)F. The highest BCUT2D eigenvalue weighted by Gasteiger charge is 2.96. The molecule has 0 radical (unpaired) electrons. The van der Waals surface area contributed by atoms with E-state index in [1.807, 2.05) is 0 Å². The summed E-state index contributed by atoms with van der Waals surface area (Å²) in [7, 11) is 0. The first-order chi connectivity index (χ1) is 16.7. The minimum Gasteiger partial charge on any atom is -0.458 e. The van der Waals surface area contributed by atoms with Crippen LogP contribution in [0.15, 0.2) is 0 Å². The molecule has 0 saturated heterocycles. The second-order valence-corrected chi connectivity index (χ2v) is 8.49. The molecule has 1 fully saturated rings. The maximum absolute atomic E-state index is 14.7. The van der Waals surface area contributed by atoms with Crippen molar-refractivity contribution in [3.05, 3.63) is 0 Å². The molecular weight excluding hydrogens is 612 g/mol. The molecular formula is C15H12F16O6S. The molecule has 3 unspecified atom stereocenters. The third-order valence-electron chi connectivity index (χ3n) is 5.18. The van der Waals surface area contributed by atoms with E-state index >= 15 is 0 Å². The van der Waals surface area contributed by atoms with Gasteiger partial charge in [0.1, 0.15) is 6.10 Å². The van der Waals surface area contributed by atoms with Crippen LogP contribution in [0.25, 0.3) is 0 Å². The zero-order valence-corrected chi connectivity index (χ0v) is 18.3. The normalized spacial score (nSPS) is 22.7. The van der Waals surface area contributed by atoms with Crippen molar-refractivity contribution in [1.82, 2.24) is 0 Å². The Labute approximate surface area is 203 Å². The van der Waals surface area contributed by atoms with Gasteiger partial charge >= 0.3 is 52.7 Å². The van der Waals surface area contributed by atoms with Crippen molar-refractivity contribution in [3.8, 4) is 0 Å². The highest BCUT2D eigenvalue weighted by Crippen LogP contribution is 2.65. The lowest BCUT2D eigenvalue weighted by Crippen LogP contribution is -2.77. The minimum absolute atomic E-state index is 0.0821. The number of aliphatic hydroxyl groups excluding tert-OH is 1. The Morgan fingerprint density at radius 2 is 1.08 bits per heavy atom. The molecule has 0 amide bonds. The van der Waals surface area contributed by atoms with Crippen LogP contribution in [0, 0.1) is 0 Å². The van der Waals surface area contributed by atoms with Gasteiger partial charge in [-0.15, -0.1) is 4.33 Å². The quantitative estimate of drug-likeness (QED) is 0.102. The first-order valence-electron chi connectivity index (χ1n) is 9.30. The smallest absolute Gasteiger partial charge is 0.458 e. The number of esters is 1. The van der Waals surface area contributed by atoms with Crippen LogP contribution in [0.2, 0.25) is 0 Å². The summed E-state index contributed by atoms with van der Waals surface area (Å²) in [5.41, 5.74) is 0. The van der Waals surface area contributed by atoms with Crippen LogP contribution in [0.4, 0.5) is 70.2 Å². The number of aliphatic hydroxyl groups is 1. The molecule has 23 heteroatoms. The van der Waals surface area contributed by atoms with Gasteiger partial charge in [-0.3, -0.25) is 0 Å². The minimum atomic E-state index is -8.70. The number of ether oxygens (including phenoxy) is 1. The van der Waals surface area contributed by atoms with Crippen LogP contribution in [0.3, 0.4) is 0 Å². The fraction of sp³-hybridized carbons (Fsp3) is 0.933. The highest BCUT2D eigenvalue weighted by atomic mass is 32.2. The summed E-state index contributed by atoms with van der Waals surface area (Å²) < 4.78 is 217. The summed E-state index contributed by atoms with van der Waals surface area (Å²) in [5, 5.41) is 20.0. The number of rotatable bonds is 10. The lowest BCUT2D eigenvalue weighted by atomic mass is 9.86. The summed E-state index contributed by atoms with van der Waals surface area (Å²) in [4.78, 5) is 12.2. The van der Waals surface area contributed by atoms with Crippen molar-refractivity contribution >= 4 is 18.0 Å². The largest absolute Gasteiger partial charge is 0.460 e. The van der Waals surface area contributed by atoms with Crippen molar-refractivity contribution in [2.75, 3.05) is 0 Å². The second-order valence-electron chi connectivity index (χ2n) is 7.57. The van der Waals surface area contributed by atoms with Gasteiger partial charge in [-0.05, 0) is 19.3 Å². The van der Waals surface area contributed by atoms with Crippen molar-refractivity contribution in [2.24, 2.45) is 0 Å². The molecule has 38 heavy (non-hydrogen) atoms. The van der Waals surface area contributed by atoms with Crippen LogP contribution >= 0.6 is 12.0 Å². The molecule has 0 bridgehead atoms. The number of carbonyl (C=O) groups is 1. The molecule has 6 nitrogen and oxygen atoms in total. The molecule has 1 saturated carbocycles. The molecule has 0 aromatic heterocycles. The number of halogens is 16. The van der Waals surface area contributed by atoms with Gasteiger partial charge in [0.05, 0.1) is 18.1 Å². The average molecular weight is 624 g/mol. The molecule has 0 aromatic carbocycles. The van der Waals surface area contributed by atoms with E-state index in [-0.39, 0.29) is 12.8 Å². The topological polar surface area (TPSA) is 85.2 Å². The standard InChI is InChI=1S/C15H12F16O6S/c16-9(17,10(18,19)11(20,21)12(22,23)13(24,25)15(29,30)31)8(14(26,27)28,38-37-36-34)7(33)35-6-4-2-1-3-5(6)32/h5-6,32,34H,1-4H2. The molecule has 0 aromatic rings. The molecule has 0 aliphatic heterocycles. The predicted octanol–water partition coefficient (Wildman–Crippen LogP) is 5.94. The van der Waals surface area contributed by atoms with Crippen LogP contribution in [-0.4, -0.2) is 75.3 Å². The van der Waals surface area contributed by atoms with Crippen molar-refractivity contribution in [2.45, 2.75) is 84.6 Å². The Morgan fingerprint density at radius 1 is 0.658 bits per heavy atom. The maximum atomic E-state index is 14.7. The Bertz CT molecular complexity index is 846. The van der Waals surface area contributed by atoms with Gasteiger partial charge in [0.15, 0.2) is 0 Å². The van der Waals surface area contributed by atoms with Crippen LogP contribution in [-0.2, 0) is 18.9 Å². The molecule has 3 atom stereocenters. The lowest BCUT2D eigenvalue weighted by Gasteiger charge is -2.45. The first kappa shape index (κ1) is 34.6. The second kappa shape index (κ2) is 10.5. The van der Waals surface area contributed by atoms with Gasteiger partial charge in [-0.2, -0.15) is 70.2 Å². The first-order valence-corrected chi connectivity index (χ1v) is 10.0. The van der Waals surface area contributed by atoms with Crippen molar-refractivity contribution in [3.63, 3.8) is 0 Å². The summed E-state index contributed by atoms with van der Waals surface area (Å²) in [6.45, 7) is 0. The Kier molecular flexibility index (Phi) is 9.55. The van der Waals surface area contributed by atoms with E-state index in [9.17, 15) is 80.1 Å². The molecule has 0 heterocycles. The van der Waals surface area contributed by atoms with Crippen LogP contribution in [0.1, 0.15) is 25.7 Å². The van der Waals surface area contributed by atoms with E-state index in [0.717, 1.165) is 0 Å². The van der Waals surface area contributed by atoms with E-state index in [1.165, 1.54) is 0 Å². The van der Waals surface area contributed by atoms with Crippen LogP contribution in [0.5, 0.6) is 0 Å². The Hall–Kier alpha value is -1.46. The number of hydrogen-bond acceptors (Lipinski definition) is 7. The molecule has 1 aliphatic carbocycles. The Morgan fingerprint density at radius 3 is 1.47 bits per heavy atom. The van der Waals surface area contributed by atoms with Crippen LogP contribution < -0.4 is 0 Å². The Balaban J connectivity index is 3.89. The highest BCUT2D eigenvalue weighted by molar-refractivity contribution is 7.97. The van der Waals surface area contributed by atoms with Gasteiger partial charge in [0.25, 0.3) is 0 Å². The van der Waals surface area contributed by atoms with Gasteiger partial charge in [0.2, 0.25) is 0 Å². The van der Waals surface area contributed by atoms with Gasteiger partial charge < -0.3 is 9.84 Å². The zero-order valence-electron chi connectivity index (χ0n) is 17.5. The predicted molar refractivity (Wildman–Crippen MR) is 86.3 cm³/mol. The molecule has 1 rings (SSSR count). The van der Waals surface area contributed by atoms with E-state index in [4.69, 9.17) is 5.26 Å². The van der Waals surface area contributed by atoms with E-state index in [1.54, 1.807) is 0 Å². The summed E-state index contributed by atoms with van der Waals surface area (Å²) in [5.74, 6) is -46.1. The molecule has 0 spiro atoms. The van der Waals surface area contributed by atoms with Gasteiger partial charge in [-0.1, -0.05) is 11.5 Å². The number of alkyl halides is 16. The summed E-state index contributed by atoms with van der Waals surface area (Å²) in [6, 6.07) is 0. The summed E-state index contributed by atoms with van der Waals surface area (Å²) >= 11 is -2.52. The van der Waals surface area contributed by atoms with Crippen molar-refractivity contribution < 1.29 is 99.5 Å². The third-order valence-corrected chi connectivity index (χ3v) is 6.21. The summed E-state index contributed by atoms with van der Waals surface area (Å²) in [6.07, 6.45) is -20.6. The van der Waals surface area contributed by atoms with E-state index < -0.39 is 89.8 Å². The zero-order chi connectivity index (χ0) is 30.4. The fourth-order valence-corrected chi connectivity index (χ4v) is 3.62. The van der Waals surface area contributed by atoms with Gasteiger partial charge in [-0.25, -0.2) is 10.1 Å². The maximum Gasteiger partial charge on any atom is 0.460 e. The van der Waals surface area contributed by atoms with E-state index in [2.05, 4.69) is 14.1 Å². The number of hydrogen-bond donors (Lipinski definition) is 2.